The predicted octanol–water partition coefficient (Wildman–Crippen LogP) is 2.10. The van der Waals surface area contributed by atoms with Crippen LogP contribution in [0.25, 0.3) is 0 Å². The molecule has 0 aliphatic rings. The summed E-state index contributed by atoms with van der Waals surface area (Å²) in [6.45, 7) is 3.63. The number of carboxylic acids is 1. The fraction of sp³-hybridized carbons (Fsp3) is 0.533. The molecule has 0 heterocycles. The van der Waals surface area contributed by atoms with Gasteiger partial charge in [0.2, 0.25) is 0 Å². The van der Waals surface area contributed by atoms with E-state index in [0.29, 0.717) is 18.4 Å². The molecule has 5 nitrogen and oxygen atoms in total. The number of aromatic carboxylic acids is 1. The van der Waals surface area contributed by atoms with E-state index in [1.54, 1.807) is 6.92 Å². The van der Waals surface area contributed by atoms with Crippen LogP contribution in [0.15, 0.2) is 18.2 Å². The second-order valence-electron chi connectivity index (χ2n) is 5.49. The lowest BCUT2D eigenvalue weighted by Crippen LogP contribution is -2.22. The van der Waals surface area contributed by atoms with Crippen molar-refractivity contribution in [2.24, 2.45) is 5.92 Å². The highest BCUT2D eigenvalue weighted by atomic mass is 16.4. The monoisotopic (exact) mass is 282 g/mol. The van der Waals surface area contributed by atoms with E-state index >= 15 is 0 Å². The van der Waals surface area contributed by atoms with Crippen LogP contribution in [0.1, 0.15) is 49.0 Å². The maximum Gasteiger partial charge on any atom is 0.335 e. The zero-order valence-corrected chi connectivity index (χ0v) is 11.8. The molecule has 112 valence electrons. The first-order chi connectivity index (χ1) is 9.27. The Labute approximate surface area is 118 Å². The number of hydrogen-bond acceptors (Lipinski definition) is 4. The summed E-state index contributed by atoms with van der Waals surface area (Å²) in [6, 6.07) is 3.94. The number of benzene rings is 1. The van der Waals surface area contributed by atoms with Crippen LogP contribution in [-0.2, 0) is 5.60 Å². The van der Waals surface area contributed by atoms with Crippen molar-refractivity contribution in [3.63, 3.8) is 0 Å². The van der Waals surface area contributed by atoms with E-state index in [0.717, 1.165) is 12.5 Å². The fourth-order valence-corrected chi connectivity index (χ4v) is 2.14. The molecule has 0 fully saturated rings. The molecule has 0 saturated carbocycles. The minimum Gasteiger partial charge on any atom is -0.508 e. The van der Waals surface area contributed by atoms with Gasteiger partial charge >= 0.3 is 5.97 Å². The van der Waals surface area contributed by atoms with Crippen molar-refractivity contribution in [1.82, 2.24) is 0 Å². The van der Waals surface area contributed by atoms with Gasteiger partial charge in [-0.25, -0.2) is 4.79 Å². The Kier molecular flexibility index (Phi) is 5.53. The highest BCUT2D eigenvalue weighted by Gasteiger charge is 2.26. The van der Waals surface area contributed by atoms with Gasteiger partial charge in [0.15, 0.2) is 0 Å². The highest BCUT2D eigenvalue weighted by Crippen LogP contribution is 2.34. The average Bonchev–Trinajstić information content (AvgIpc) is 2.37. The molecule has 0 amide bonds. The third kappa shape index (κ3) is 4.21. The molecule has 0 aromatic heterocycles. The van der Waals surface area contributed by atoms with Crippen LogP contribution in [0.4, 0.5) is 0 Å². The number of carboxylic acid groups (broad SMARTS) is 1. The summed E-state index contributed by atoms with van der Waals surface area (Å²) in [7, 11) is 0. The summed E-state index contributed by atoms with van der Waals surface area (Å²) in [6.07, 6.45) is 1.91. The van der Waals surface area contributed by atoms with Gasteiger partial charge in [-0.1, -0.05) is 13.0 Å². The number of phenols is 1. The third-order valence-corrected chi connectivity index (χ3v) is 3.50. The Morgan fingerprint density at radius 3 is 2.55 bits per heavy atom. The van der Waals surface area contributed by atoms with Gasteiger partial charge in [-0.2, -0.15) is 0 Å². The van der Waals surface area contributed by atoms with Crippen molar-refractivity contribution in [3.05, 3.63) is 29.3 Å². The van der Waals surface area contributed by atoms with Crippen molar-refractivity contribution >= 4 is 5.97 Å². The van der Waals surface area contributed by atoms with E-state index in [4.69, 9.17) is 10.2 Å². The molecule has 0 bridgehead atoms. The number of phenolic OH excluding ortho intramolecular Hbond substituents is 1. The van der Waals surface area contributed by atoms with Gasteiger partial charge in [-0.15, -0.1) is 0 Å². The van der Waals surface area contributed by atoms with Gasteiger partial charge in [0.1, 0.15) is 5.75 Å². The zero-order valence-electron chi connectivity index (χ0n) is 11.8. The number of carbonyl (C=O) groups is 1. The molecule has 1 aromatic rings. The first kappa shape index (κ1) is 16.5. The van der Waals surface area contributed by atoms with E-state index in [1.807, 2.05) is 6.92 Å². The molecule has 0 radical (unpaired) electrons. The van der Waals surface area contributed by atoms with Crippen molar-refractivity contribution in [3.8, 4) is 5.75 Å². The molecule has 0 aliphatic carbocycles. The molecule has 0 aliphatic heterocycles. The van der Waals surface area contributed by atoms with E-state index in [9.17, 15) is 15.0 Å². The first-order valence-corrected chi connectivity index (χ1v) is 6.68. The van der Waals surface area contributed by atoms with E-state index in [1.165, 1.54) is 12.1 Å². The Morgan fingerprint density at radius 2 is 2.05 bits per heavy atom. The smallest absolute Gasteiger partial charge is 0.335 e. The minimum absolute atomic E-state index is 0.0176. The van der Waals surface area contributed by atoms with Gasteiger partial charge in [0.05, 0.1) is 11.2 Å². The molecule has 1 aromatic carbocycles. The summed E-state index contributed by atoms with van der Waals surface area (Å²) in [4.78, 5) is 10.8. The molecule has 0 spiro atoms. The second kappa shape index (κ2) is 6.72. The van der Waals surface area contributed by atoms with Crippen LogP contribution in [-0.4, -0.2) is 33.0 Å². The predicted molar refractivity (Wildman–Crippen MR) is 74.7 cm³/mol. The van der Waals surface area contributed by atoms with Crippen molar-refractivity contribution in [2.75, 3.05) is 6.61 Å². The van der Waals surface area contributed by atoms with Gasteiger partial charge in [-0.3, -0.25) is 0 Å². The number of hydrogen-bond donors (Lipinski definition) is 4. The zero-order chi connectivity index (χ0) is 15.3. The molecular formula is C15H22O5. The van der Waals surface area contributed by atoms with Crippen molar-refractivity contribution in [2.45, 2.75) is 38.7 Å². The summed E-state index contributed by atoms with van der Waals surface area (Å²) < 4.78 is 0. The molecule has 5 heteroatoms. The third-order valence-electron chi connectivity index (χ3n) is 3.50. The molecule has 4 N–H and O–H groups in total. The molecule has 20 heavy (non-hydrogen) atoms. The van der Waals surface area contributed by atoms with E-state index < -0.39 is 11.6 Å². The van der Waals surface area contributed by atoms with E-state index in [2.05, 4.69) is 0 Å². The Hall–Kier alpha value is -1.59. The first-order valence-electron chi connectivity index (χ1n) is 6.68. The molecule has 0 unspecified atom stereocenters. The summed E-state index contributed by atoms with van der Waals surface area (Å²) in [5.41, 5.74) is -0.925. The average molecular weight is 282 g/mol. The van der Waals surface area contributed by atoms with Crippen molar-refractivity contribution < 1.29 is 25.2 Å². The summed E-state index contributed by atoms with van der Waals surface area (Å²) in [5, 5.41) is 38.1. The standard InChI is InChI=1S/C15H22O5/c1-10(9-16)4-3-7-15(2,20)12-6-5-11(14(18)19)8-13(12)17/h5-6,8,10,16-17,20H,3-4,7,9H2,1-2H3,(H,18,19)/t10-,15+/m0/s1. The van der Waals surface area contributed by atoms with Crippen LogP contribution in [0.5, 0.6) is 5.75 Å². The minimum atomic E-state index is -1.23. The Morgan fingerprint density at radius 1 is 1.40 bits per heavy atom. The molecule has 1 rings (SSSR count). The van der Waals surface area contributed by atoms with Gasteiger partial charge in [0, 0.05) is 12.2 Å². The number of aliphatic hydroxyl groups is 2. The van der Waals surface area contributed by atoms with Crippen LogP contribution >= 0.6 is 0 Å². The Balaban J connectivity index is 2.79. The number of rotatable bonds is 7. The lowest BCUT2D eigenvalue weighted by molar-refractivity contribution is 0.0405. The van der Waals surface area contributed by atoms with Gasteiger partial charge < -0.3 is 20.4 Å². The molecule has 0 saturated heterocycles. The maximum atomic E-state index is 10.8. The molecular weight excluding hydrogens is 260 g/mol. The SMILES string of the molecule is C[C@H](CO)CCC[C@@](C)(O)c1ccc(C(=O)O)cc1O. The summed E-state index contributed by atoms with van der Waals surface area (Å²) in [5.74, 6) is -1.16. The number of aliphatic hydroxyl groups excluding tert-OH is 1. The van der Waals surface area contributed by atoms with Crippen LogP contribution in [0.2, 0.25) is 0 Å². The van der Waals surface area contributed by atoms with Crippen LogP contribution in [0.3, 0.4) is 0 Å². The normalized spacial score (nSPS) is 15.6. The summed E-state index contributed by atoms with van der Waals surface area (Å²) >= 11 is 0. The topological polar surface area (TPSA) is 98.0 Å². The van der Waals surface area contributed by atoms with Crippen LogP contribution < -0.4 is 0 Å². The van der Waals surface area contributed by atoms with Crippen LogP contribution in [0, 0.1) is 5.92 Å². The highest BCUT2D eigenvalue weighted by molar-refractivity contribution is 5.88. The number of aromatic hydroxyl groups is 1. The van der Waals surface area contributed by atoms with E-state index in [-0.39, 0.29) is 23.8 Å². The quantitative estimate of drug-likeness (QED) is 0.614. The Bertz CT molecular complexity index is 467. The largest absolute Gasteiger partial charge is 0.508 e. The van der Waals surface area contributed by atoms with Gasteiger partial charge in [-0.05, 0) is 44.2 Å². The molecule has 2 atom stereocenters. The lowest BCUT2D eigenvalue weighted by Gasteiger charge is -2.25. The second-order valence-corrected chi connectivity index (χ2v) is 5.49. The van der Waals surface area contributed by atoms with Crippen molar-refractivity contribution in [1.29, 1.82) is 0 Å². The fourth-order valence-electron chi connectivity index (χ4n) is 2.14. The lowest BCUT2D eigenvalue weighted by atomic mass is 9.88. The maximum absolute atomic E-state index is 10.8. The van der Waals surface area contributed by atoms with Gasteiger partial charge in [0.25, 0.3) is 0 Å².